The highest BCUT2D eigenvalue weighted by atomic mass is 32.1. The van der Waals surface area contributed by atoms with Crippen molar-refractivity contribution in [3.63, 3.8) is 0 Å². The van der Waals surface area contributed by atoms with Crippen molar-refractivity contribution in [1.29, 1.82) is 0 Å². The summed E-state index contributed by atoms with van der Waals surface area (Å²) in [6, 6.07) is 4.34. The number of likely N-dealkylation sites (tertiary alicyclic amines) is 1. The summed E-state index contributed by atoms with van der Waals surface area (Å²) in [5.41, 5.74) is 0. The molecule has 2 aromatic heterocycles. The summed E-state index contributed by atoms with van der Waals surface area (Å²) < 4.78 is 5.88. The van der Waals surface area contributed by atoms with Gasteiger partial charge in [0.1, 0.15) is 0 Å². The fourth-order valence-electron chi connectivity index (χ4n) is 3.48. The predicted molar refractivity (Wildman–Crippen MR) is 90.7 cm³/mol. The van der Waals surface area contributed by atoms with Crippen LogP contribution in [-0.2, 0) is 0 Å². The van der Waals surface area contributed by atoms with Gasteiger partial charge in [-0.15, -0.1) is 21.5 Å². The Bertz CT molecular complexity index is 701. The third kappa shape index (κ3) is 2.91. The van der Waals surface area contributed by atoms with Crippen LogP contribution in [0.1, 0.15) is 31.7 Å². The van der Waals surface area contributed by atoms with Crippen molar-refractivity contribution in [1.82, 2.24) is 25.3 Å². The molecule has 0 unspecified atom stereocenters. The lowest BCUT2D eigenvalue weighted by Gasteiger charge is -2.38. The van der Waals surface area contributed by atoms with E-state index in [0.29, 0.717) is 11.8 Å². The lowest BCUT2D eigenvalue weighted by atomic mass is 10.0. The van der Waals surface area contributed by atoms with Gasteiger partial charge < -0.3 is 14.6 Å². The molecule has 7 nitrogen and oxygen atoms in total. The molecule has 8 heteroatoms. The molecule has 4 heterocycles. The van der Waals surface area contributed by atoms with Crippen LogP contribution in [0.25, 0.3) is 10.8 Å². The number of nitrogens with zero attached hydrogens (tertiary/aromatic N) is 4. The van der Waals surface area contributed by atoms with Gasteiger partial charge in [-0.3, -0.25) is 4.90 Å². The van der Waals surface area contributed by atoms with Crippen LogP contribution in [0.5, 0.6) is 0 Å². The van der Waals surface area contributed by atoms with Gasteiger partial charge in [0.2, 0.25) is 5.89 Å². The summed E-state index contributed by atoms with van der Waals surface area (Å²) in [5.74, 6) is 1.23. The quantitative estimate of drug-likeness (QED) is 0.919. The Labute approximate surface area is 144 Å². The molecular formula is C16H21N5O2S. The molecule has 0 spiro atoms. The van der Waals surface area contributed by atoms with Gasteiger partial charge in [-0.25, -0.2) is 4.79 Å². The zero-order chi connectivity index (χ0) is 16.5. The molecule has 0 aromatic carbocycles. The Morgan fingerprint density at radius 1 is 1.42 bits per heavy atom. The van der Waals surface area contributed by atoms with Crippen LogP contribution in [0, 0.1) is 0 Å². The maximum absolute atomic E-state index is 11.9. The van der Waals surface area contributed by atoms with Crippen molar-refractivity contribution >= 4 is 17.4 Å². The molecular weight excluding hydrogens is 326 g/mol. The molecule has 2 aliphatic rings. The lowest BCUT2D eigenvalue weighted by Crippen LogP contribution is -2.49. The zero-order valence-electron chi connectivity index (χ0n) is 13.6. The second kappa shape index (κ2) is 6.52. The molecule has 0 radical (unpaired) electrons. The van der Waals surface area contributed by atoms with E-state index in [1.54, 1.807) is 11.3 Å². The molecule has 1 N–H and O–H groups in total. The summed E-state index contributed by atoms with van der Waals surface area (Å²) in [7, 11) is 0. The SMILES string of the molecule is C[C@H](c1nnc(-c2cccs2)o1)N1CCC[C@H](N2CCNC2=O)C1. The number of amides is 2. The van der Waals surface area contributed by atoms with Gasteiger partial charge in [-0.2, -0.15) is 0 Å². The summed E-state index contributed by atoms with van der Waals surface area (Å²) in [4.78, 5) is 17.2. The van der Waals surface area contributed by atoms with Crippen LogP contribution in [0.4, 0.5) is 4.79 Å². The molecule has 4 rings (SSSR count). The Balaban J connectivity index is 1.46. The first-order valence-corrected chi connectivity index (χ1v) is 9.26. The zero-order valence-corrected chi connectivity index (χ0v) is 14.5. The fraction of sp³-hybridized carbons (Fsp3) is 0.562. The van der Waals surface area contributed by atoms with Crippen molar-refractivity contribution in [2.75, 3.05) is 26.2 Å². The molecule has 2 aliphatic heterocycles. The van der Waals surface area contributed by atoms with Crippen LogP contribution in [0.3, 0.4) is 0 Å². The first kappa shape index (κ1) is 15.6. The summed E-state index contributed by atoms with van der Waals surface area (Å²) >= 11 is 1.59. The van der Waals surface area contributed by atoms with Crippen LogP contribution in [0.2, 0.25) is 0 Å². The standard InChI is InChI=1S/C16H21N5O2S/c1-11(14-18-19-15(23-14)13-5-3-9-24-13)20-7-2-4-12(10-20)21-8-6-17-16(21)22/h3,5,9,11-12H,2,4,6-8,10H2,1H3,(H,17,22)/t11-,12+/m1/s1. The van der Waals surface area contributed by atoms with Gasteiger partial charge in [0.15, 0.2) is 0 Å². The summed E-state index contributed by atoms with van der Waals surface area (Å²) in [6.45, 7) is 5.49. The van der Waals surface area contributed by atoms with Gasteiger partial charge in [0.25, 0.3) is 5.89 Å². The monoisotopic (exact) mass is 347 g/mol. The molecule has 128 valence electrons. The highest BCUT2D eigenvalue weighted by molar-refractivity contribution is 7.13. The highest BCUT2D eigenvalue weighted by Gasteiger charge is 2.34. The first-order valence-electron chi connectivity index (χ1n) is 8.38. The molecule has 2 atom stereocenters. The Morgan fingerprint density at radius 3 is 3.08 bits per heavy atom. The van der Waals surface area contributed by atoms with E-state index in [-0.39, 0.29) is 18.1 Å². The van der Waals surface area contributed by atoms with Gasteiger partial charge >= 0.3 is 6.03 Å². The molecule has 0 saturated carbocycles. The maximum Gasteiger partial charge on any atom is 0.317 e. The van der Waals surface area contributed by atoms with Crippen molar-refractivity contribution in [2.45, 2.75) is 31.8 Å². The Kier molecular flexibility index (Phi) is 4.24. The molecule has 2 aromatic rings. The average molecular weight is 347 g/mol. The number of nitrogens with one attached hydrogen (secondary N) is 1. The third-order valence-electron chi connectivity index (χ3n) is 4.84. The summed E-state index contributed by atoms with van der Waals surface area (Å²) in [5, 5.41) is 13.3. The van der Waals surface area contributed by atoms with Crippen molar-refractivity contribution < 1.29 is 9.21 Å². The van der Waals surface area contributed by atoms with Crippen LogP contribution >= 0.6 is 11.3 Å². The van der Waals surface area contributed by atoms with E-state index < -0.39 is 0 Å². The predicted octanol–water partition coefficient (Wildman–Crippen LogP) is 2.35. The third-order valence-corrected chi connectivity index (χ3v) is 5.69. The number of carbonyl (C=O) groups excluding carboxylic acids is 1. The molecule has 0 bridgehead atoms. The Hall–Kier alpha value is -1.93. The molecule has 2 amide bonds. The van der Waals surface area contributed by atoms with Gasteiger partial charge in [-0.05, 0) is 37.8 Å². The van der Waals surface area contributed by atoms with Crippen LogP contribution in [0.15, 0.2) is 21.9 Å². The average Bonchev–Trinajstić information content (AvgIpc) is 3.35. The topological polar surface area (TPSA) is 74.5 Å². The van der Waals surface area contributed by atoms with Gasteiger partial charge in [0, 0.05) is 25.7 Å². The van der Waals surface area contributed by atoms with E-state index in [0.717, 1.165) is 43.9 Å². The number of carbonyl (C=O) groups is 1. The molecule has 2 fully saturated rings. The molecule has 24 heavy (non-hydrogen) atoms. The number of aromatic nitrogens is 2. The lowest BCUT2D eigenvalue weighted by molar-refractivity contribution is 0.0904. The van der Waals surface area contributed by atoms with E-state index in [1.165, 1.54) is 0 Å². The maximum atomic E-state index is 11.9. The van der Waals surface area contributed by atoms with E-state index in [4.69, 9.17) is 4.42 Å². The Morgan fingerprint density at radius 2 is 2.33 bits per heavy atom. The van der Waals surface area contributed by atoms with Gasteiger partial charge in [-0.1, -0.05) is 6.07 Å². The van der Waals surface area contributed by atoms with E-state index >= 15 is 0 Å². The van der Waals surface area contributed by atoms with E-state index in [1.807, 2.05) is 22.4 Å². The smallest absolute Gasteiger partial charge is 0.317 e. The fourth-order valence-corrected chi connectivity index (χ4v) is 4.13. The van der Waals surface area contributed by atoms with E-state index in [2.05, 4.69) is 27.3 Å². The molecule has 2 saturated heterocycles. The van der Waals surface area contributed by atoms with Gasteiger partial charge in [0.05, 0.1) is 10.9 Å². The number of thiophene rings is 1. The number of hydrogen-bond acceptors (Lipinski definition) is 6. The molecule has 0 aliphatic carbocycles. The minimum absolute atomic E-state index is 0.0553. The van der Waals surface area contributed by atoms with E-state index in [9.17, 15) is 4.79 Å². The highest BCUT2D eigenvalue weighted by Crippen LogP contribution is 2.29. The first-order chi connectivity index (χ1) is 11.7. The van der Waals surface area contributed by atoms with Crippen LogP contribution in [-0.4, -0.2) is 58.2 Å². The number of urea groups is 1. The minimum Gasteiger partial charge on any atom is -0.418 e. The summed E-state index contributed by atoms with van der Waals surface area (Å²) in [6.07, 6.45) is 2.13. The number of rotatable bonds is 4. The van der Waals surface area contributed by atoms with Crippen molar-refractivity contribution in [2.24, 2.45) is 0 Å². The number of piperidine rings is 1. The number of hydrogen-bond donors (Lipinski definition) is 1. The minimum atomic E-state index is 0.0553. The normalized spacial score (nSPS) is 23.5. The second-order valence-corrected chi connectivity index (χ2v) is 7.26. The largest absolute Gasteiger partial charge is 0.418 e. The second-order valence-electron chi connectivity index (χ2n) is 6.32. The van der Waals surface area contributed by atoms with Crippen molar-refractivity contribution in [3.8, 4) is 10.8 Å². The van der Waals surface area contributed by atoms with Crippen molar-refractivity contribution in [3.05, 3.63) is 23.4 Å². The van der Waals surface area contributed by atoms with Crippen LogP contribution < -0.4 is 5.32 Å².